The van der Waals surface area contributed by atoms with Gasteiger partial charge in [0.25, 0.3) is 5.91 Å². The van der Waals surface area contributed by atoms with Crippen LogP contribution >= 0.6 is 31.9 Å². The standard InChI is InChI=1S/C26H28BBr2N2O/c1-31(2,19-21-9-13-24(28)14-10-21)16-4-15-30(18-20-7-11-23(27)12-8-20)26(32)22-5-3-6-25(29)17-22/h3,5-14,17H,4,15-16,18-19H2,1-2H3/q+1. The van der Waals surface area contributed by atoms with E-state index in [0.717, 1.165) is 44.0 Å². The third-order valence-electron chi connectivity index (χ3n) is 5.43. The second-order valence-electron chi connectivity index (χ2n) is 8.78. The fraction of sp³-hybridized carbons (Fsp3) is 0.269. The van der Waals surface area contributed by atoms with E-state index in [4.69, 9.17) is 7.85 Å². The first-order chi connectivity index (χ1) is 15.2. The second-order valence-corrected chi connectivity index (χ2v) is 10.6. The van der Waals surface area contributed by atoms with Gasteiger partial charge in [0.15, 0.2) is 0 Å². The van der Waals surface area contributed by atoms with Crippen molar-refractivity contribution in [3.8, 4) is 0 Å². The van der Waals surface area contributed by atoms with Crippen LogP contribution in [0.1, 0.15) is 27.9 Å². The van der Waals surface area contributed by atoms with E-state index in [0.29, 0.717) is 18.7 Å². The lowest BCUT2D eigenvalue weighted by Crippen LogP contribution is -2.41. The Morgan fingerprint density at radius 3 is 2.22 bits per heavy atom. The van der Waals surface area contributed by atoms with Crippen LogP contribution in [-0.4, -0.2) is 50.3 Å². The Labute approximate surface area is 209 Å². The first kappa shape index (κ1) is 24.8. The summed E-state index contributed by atoms with van der Waals surface area (Å²) in [6.45, 7) is 3.17. The molecule has 0 atom stereocenters. The Morgan fingerprint density at radius 1 is 0.906 bits per heavy atom. The third-order valence-corrected chi connectivity index (χ3v) is 6.45. The number of amides is 1. The van der Waals surface area contributed by atoms with Gasteiger partial charge in [-0.25, -0.2) is 0 Å². The third kappa shape index (κ3) is 7.61. The maximum atomic E-state index is 13.3. The minimum absolute atomic E-state index is 0.0429. The monoisotopic (exact) mass is 553 g/mol. The Kier molecular flexibility index (Phi) is 8.75. The van der Waals surface area contributed by atoms with Crippen molar-refractivity contribution in [2.75, 3.05) is 27.2 Å². The smallest absolute Gasteiger partial charge is 0.254 e. The molecule has 0 fully saturated rings. The molecule has 0 spiro atoms. The zero-order valence-corrected chi connectivity index (χ0v) is 21.8. The van der Waals surface area contributed by atoms with Gasteiger partial charge < -0.3 is 9.38 Å². The molecular weight excluding hydrogens is 527 g/mol. The molecule has 0 aliphatic carbocycles. The van der Waals surface area contributed by atoms with E-state index in [2.05, 4.69) is 70.2 Å². The van der Waals surface area contributed by atoms with Crippen molar-refractivity contribution in [3.05, 3.63) is 98.4 Å². The summed E-state index contributed by atoms with van der Waals surface area (Å²) >= 11 is 6.98. The average Bonchev–Trinajstić information content (AvgIpc) is 2.75. The first-order valence-corrected chi connectivity index (χ1v) is 12.3. The number of nitrogens with zero attached hydrogens (tertiary/aromatic N) is 2. The van der Waals surface area contributed by atoms with Gasteiger partial charge in [0.05, 0.1) is 20.6 Å². The molecule has 3 rings (SSSR count). The van der Waals surface area contributed by atoms with Gasteiger partial charge in [-0.2, -0.15) is 0 Å². The number of halogens is 2. The SMILES string of the molecule is [B]c1ccc(CN(CCC[N+](C)(C)Cc2ccc(Br)cc2)C(=O)c2cccc(Br)c2)cc1. The van der Waals surface area contributed by atoms with E-state index in [-0.39, 0.29) is 5.91 Å². The molecule has 164 valence electrons. The molecule has 0 aliphatic heterocycles. The maximum absolute atomic E-state index is 13.3. The summed E-state index contributed by atoms with van der Waals surface area (Å²) < 4.78 is 2.86. The molecular formula is C26H28BBr2N2O+. The zero-order chi connectivity index (χ0) is 23.1. The molecule has 0 aromatic heterocycles. The molecule has 0 unspecified atom stereocenters. The van der Waals surface area contributed by atoms with Crippen LogP contribution in [0.5, 0.6) is 0 Å². The highest BCUT2D eigenvalue weighted by Crippen LogP contribution is 2.17. The molecule has 32 heavy (non-hydrogen) atoms. The number of quaternary nitrogens is 1. The van der Waals surface area contributed by atoms with Crippen LogP contribution < -0.4 is 5.46 Å². The Balaban J connectivity index is 1.67. The summed E-state index contributed by atoms with van der Waals surface area (Å²) in [7, 11) is 10.3. The van der Waals surface area contributed by atoms with Crippen molar-refractivity contribution in [3.63, 3.8) is 0 Å². The van der Waals surface area contributed by atoms with Crippen LogP contribution in [0.4, 0.5) is 0 Å². The number of benzene rings is 3. The van der Waals surface area contributed by atoms with Crippen LogP contribution in [-0.2, 0) is 13.1 Å². The molecule has 0 aliphatic rings. The lowest BCUT2D eigenvalue weighted by Gasteiger charge is -2.31. The van der Waals surface area contributed by atoms with E-state index >= 15 is 0 Å². The maximum Gasteiger partial charge on any atom is 0.254 e. The average molecular weight is 555 g/mol. The summed E-state index contributed by atoms with van der Waals surface area (Å²) in [5.41, 5.74) is 3.80. The molecule has 6 heteroatoms. The van der Waals surface area contributed by atoms with Gasteiger partial charge in [-0.1, -0.05) is 79.8 Å². The van der Waals surface area contributed by atoms with Gasteiger partial charge >= 0.3 is 0 Å². The molecule has 0 saturated carbocycles. The van der Waals surface area contributed by atoms with Gasteiger partial charge in [0.1, 0.15) is 14.4 Å². The van der Waals surface area contributed by atoms with E-state index in [1.165, 1.54) is 5.56 Å². The van der Waals surface area contributed by atoms with Crippen molar-refractivity contribution in [1.29, 1.82) is 0 Å². The van der Waals surface area contributed by atoms with E-state index in [1.807, 2.05) is 53.4 Å². The van der Waals surface area contributed by atoms with E-state index in [9.17, 15) is 4.79 Å². The molecule has 3 aromatic carbocycles. The van der Waals surface area contributed by atoms with E-state index < -0.39 is 0 Å². The highest BCUT2D eigenvalue weighted by atomic mass is 79.9. The zero-order valence-electron chi connectivity index (χ0n) is 18.6. The number of hydrogen-bond acceptors (Lipinski definition) is 1. The van der Waals surface area contributed by atoms with Gasteiger partial charge in [-0.15, -0.1) is 0 Å². The molecule has 0 bridgehead atoms. The topological polar surface area (TPSA) is 20.3 Å². The lowest BCUT2D eigenvalue weighted by molar-refractivity contribution is -0.903. The minimum Gasteiger partial charge on any atom is -0.334 e. The predicted molar refractivity (Wildman–Crippen MR) is 140 cm³/mol. The fourth-order valence-electron chi connectivity index (χ4n) is 3.75. The van der Waals surface area contributed by atoms with Gasteiger partial charge in [0.2, 0.25) is 0 Å². The Bertz CT molecular complexity index is 1040. The highest BCUT2D eigenvalue weighted by molar-refractivity contribution is 9.10. The molecule has 3 nitrogen and oxygen atoms in total. The molecule has 3 aromatic rings. The number of rotatable bonds is 9. The minimum atomic E-state index is 0.0429. The van der Waals surface area contributed by atoms with E-state index in [1.54, 1.807) is 0 Å². The predicted octanol–water partition coefficient (Wildman–Crippen LogP) is 5.31. The van der Waals surface area contributed by atoms with Crippen LogP contribution in [0.3, 0.4) is 0 Å². The summed E-state index contributed by atoms with van der Waals surface area (Å²) in [6.07, 6.45) is 0.915. The van der Waals surface area contributed by atoms with Gasteiger partial charge in [-0.3, -0.25) is 4.79 Å². The van der Waals surface area contributed by atoms with Gasteiger partial charge in [-0.05, 0) is 35.9 Å². The summed E-state index contributed by atoms with van der Waals surface area (Å²) in [5.74, 6) is 0.0429. The summed E-state index contributed by atoms with van der Waals surface area (Å²) in [4.78, 5) is 15.3. The normalized spacial score (nSPS) is 11.4. The highest BCUT2D eigenvalue weighted by Gasteiger charge is 2.20. The van der Waals surface area contributed by atoms with Crippen molar-refractivity contribution in [1.82, 2.24) is 4.90 Å². The molecule has 0 N–H and O–H groups in total. The second kappa shape index (κ2) is 11.3. The van der Waals surface area contributed by atoms with Crippen LogP contribution in [0, 0.1) is 0 Å². The summed E-state index contributed by atoms with van der Waals surface area (Å²) in [5, 5.41) is 0. The van der Waals surface area contributed by atoms with Crippen molar-refractivity contribution < 1.29 is 9.28 Å². The van der Waals surface area contributed by atoms with Crippen LogP contribution in [0.2, 0.25) is 0 Å². The van der Waals surface area contributed by atoms with Gasteiger partial charge in [0, 0.05) is 39.6 Å². The number of carbonyl (C=O) groups is 1. The van der Waals surface area contributed by atoms with Crippen molar-refractivity contribution >= 4 is 51.1 Å². The molecule has 0 saturated heterocycles. The Hall–Kier alpha value is -1.89. The molecule has 2 radical (unpaired) electrons. The number of hydrogen-bond donors (Lipinski definition) is 0. The fourth-order valence-corrected chi connectivity index (χ4v) is 4.42. The van der Waals surface area contributed by atoms with Crippen molar-refractivity contribution in [2.45, 2.75) is 19.5 Å². The molecule has 1 amide bonds. The Morgan fingerprint density at radius 2 is 1.56 bits per heavy atom. The lowest BCUT2D eigenvalue weighted by atomic mass is 9.95. The first-order valence-electron chi connectivity index (χ1n) is 10.7. The summed E-state index contributed by atoms with van der Waals surface area (Å²) in [6, 6.07) is 23.8. The largest absolute Gasteiger partial charge is 0.334 e. The van der Waals surface area contributed by atoms with Crippen LogP contribution in [0.25, 0.3) is 0 Å². The number of carbonyl (C=O) groups excluding carboxylic acids is 1. The quantitative estimate of drug-likeness (QED) is 0.259. The van der Waals surface area contributed by atoms with Crippen molar-refractivity contribution in [2.24, 2.45) is 0 Å². The molecule has 0 heterocycles. The van der Waals surface area contributed by atoms with Crippen LogP contribution in [0.15, 0.2) is 81.7 Å².